The molecule has 9 heteroatoms. The van der Waals surface area contributed by atoms with Crippen LogP contribution in [0, 0.1) is 19.8 Å². The molecule has 0 bridgehead atoms. The number of nitrogens with one attached hydrogen (secondary N) is 2. The summed E-state index contributed by atoms with van der Waals surface area (Å²) in [5.74, 6) is -0.877. The zero-order valence-corrected chi connectivity index (χ0v) is 17.8. The molecule has 0 spiro atoms. The predicted molar refractivity (Wildman–Crippen MR) is 114 cm³/mol. The summed E-state index contributed by atoms with van der Waals surface area (Å²) in [6, 6.07) is 7.08. The van der Waals surface area contributed by atoms with Crippen LogP contribution >= 0.6 is 0 Å². The van der Waals surface area contributed by atoms with E-state index >= 15 is 0 Å². The largest absolute Gasteiger partial charge is 0.488 e. The van der Waals surface area contributed by atoms with E-state index in [0.717, 1.165) is 25.0 Å². The Bertz CT molecular complexity index is 994. The van der Waals surface area contributed by atoms with Gasteiger partial charge in [-0.2, -0.15) is 13.2 Å². The highest BCUT2D eigenvalue weighted by atomic mass is 19.4. The first-order valence-corrected chi connectivity index (χ1v) is 10.2. The highest BCUT2D eigenvalue weighted by molar-refractivity contribution is 6.01. The van der Waals surface area contributed by atoms with E-state index in [2.05, 4.69) is 10.6 Å². The van der Waals surface area contributed by atoms with Gasteiger partial charge >= 0.3 is 12.1 Å². The lowest BCUT2D eigenvalue weighted by Crippen LogP contribution is -2.16. The van der Waals surface area contributed by atoms with Gasteiger partial charge in [-0.15, -0.1) is 0 Å². The lowest BCUT2D eigenvalue weighted by Gasteiger charge is -2.17. The molecular formula is C23H25F3N2O4. The lowest BCUT2D eigenvalue weighted by molar-refractivity contribution is -0.140. The molecule has 0 atom stereocenters. The van der Waals surface area contributed by atoms with Crippen LogP contribution in [0.3, 0.4) is 0 Å². The second kappa shape index (κ2) is 9.50. The van der Waals surface area contributed by atoms with Gasteiger partial charge < -0.3 is 20.5 Å². The summed E-state index contributed by atoms with van der Waals surface area (Å²) < 4.78 is 45.9. The van der Waals surface area contributed by atoms with E-state index in [-0.39, 0.29) is 6.61 Å². The number of carboxylic acid groups (broad SMARTS) is 1. The van der Waals surface area contributed by atoms with Crippen molar-refractivity contribution in [1.82, 2.24) is 0 Å². The van der Waals surface area contributed by atoms with Gasteiger partial charge in [-0.25, -0.2) is 0 Å². The third kappa shape index (κ3) is 6.63. The van der Waals surface area contributed by atoms with Gasteiger partial charge in [-0.3, -0.25) is 9.59 Å². The molecule has 1 aliphatic rings. The van der Waals surface area contributed by atoms with Crippen molar-refractivity contribution in [2.24, 2.45) is 5.92 Å². The van der Waals surface area contributed by atoms with Crippen molar-refractivity contribution in [1.29, 1.82) is 0 Å². The van der Waals surface area contributed by atoms with Crippen LogP contribution in [0.5, 0.6) is 5.75 Å². The van der Waals surface area contributed by atoms with Crippen LogP contribution in [0.4, 0.5) is 24.5 Å². The van der Waals surface area contributed by atoms with Crippen molar-refractivity contribution in [3.8, 4) is 5.75 Å². The van der Waals surface area contributed by atoms with E-state index in [1.807, 2.05) is 0 Å². The fourth-order valence-electron chi connectivity index (χ4n) is 3.37. The first-order chi connectivity index (χ1) is 15.0. The van der Waals surface area contributed by atoms with Crippen molar-refractivity contribution in [2.75, 3.05) is 17.2 Å². The zero-order valence-electron chi connectivity index (χ0n) is 17.8. The number of anilines is 2. The molecule has 0 heterocycles. The average molecular weight is 450 g/mol. The van der Waals surface area contributed by atoms with Gasteiger partial charge in [0.25, 0.3) is 0 Å². The topological polar surface area (TPSA) is 87.7 Å². The number of hydrogen-bond acceptors (Lipinski definition) is 4. The van der Waals surface area contributed by atoms with Crippen LogP contribution in [0.2, 0.25) is 0 Å². The number of carbonyl (C=O) groups is 2. The quantitative estimate of drug-likeness (QED) is 0.461. The summed E-state index contributed by atoms with van der Waals surface area (Å²) in [4.78, 5) is 22.3. The van der Waals surface area contributed by atoms with E-state index in [0.29, 0.717) is 46.3 Å². The Morgan fingerprint density at radius 3 is 2.28 bits per heavy atom. The summed E-state index contributed by atoms with van der Waals surface area (Å²) in [5, 5.41) is 14.3. The average Bonchev–Trinajstić information content (AvgIpc) is 3.48. The maximum absolute atomic E-state index is 13.3. The minimum atomic E-state index is -4.46. The van der Waals surface area contributed by atoms with Crippen LogP contribution in [0.1, 0.15) is 41.5 Å². The van der Waals surface area contributed by atoms with Crippen LogP contribution < -0.4 is 15.4 Å². The highest BCUT2D eigenvalue weighted by Gasteiger charge is 2.31. The molecule has 1 fully saturated rings. The second-order valence-electron chi connectivity index (χ2n) is 8.09. The molecule has 0 unspecified atom stereocenters. The standard InChI is InChI=1S/C23H25F3N2O4/c1-13-5-19(28-20(29)10-21(30)31)6-14(2)22(13)32-12-16-7-17(23(24,25)26)9-18(8-16)27-11-15-3-4-15/h5-9,15,27H,3-4,10-12H2,1-2H3,(H,28,29)(H,30,31). The Balaban J connectivity index is 1.74. The van der Waals surface area contributed by atoms with Crippen molar-refractivity contribution >= 4 is 23.3 Å². The molecule has 2 aromatic carbocycles. The van der Waals surface area contributed by atoms with Crippen molar-refractivity contribution in [3.05, 3.63) is 52.6 Å². The Morgan fingerprint density at radius 1 is 1.06 bits per heavy atom. The molecule has 172 valence electrons. The second-order valence-corrected chi connectivity index (χ2v) is 8.09. The number of benzene rings is 2. The Morgan fingerprint density at radius 2 is 1.72 bits per heavy atom. The first kappa shape index (κ1) is 23.4. The van der Waals surface area contributed by atoms with Crippen LogP contribution in [-0.4, -0.2) is 23.5 Å². The number of alkyl halides is 3. The monoisotopic (exact) mass is 450 g/mol. The summed E-state index contributed by atoms with van der Waals surface area (Å²) in [6.45, 7) is 4.07. The predicted octanol–water partition coefficient (Wildman–Crippen LogP) is 5.14. The number of hydrogen-bond donors (Lipinski definition) is 3. The number of amides is 1. The van der Waals surface area contributed by atoms with Crippen molar-refractivity contribution in [2.45, 2.75) is 45.9 Å². The fraction of sp³-hybridized carbons (Fsp3) is 0.391. The minimum Gasteiger partial charge on any atom is -0.488 e. The van der Waals surface area contributed by atoms with E-state index in [1.165, 1.54) is 0 Å². The smallest absolute Gasteiger partial charge is 0.416 e. The third-order valence-corrected chi connectivity index (χ3v) is 5.05. The molecule has 2 aromatic rings. The maximum Gasteiger partial charge on any atom is 0.416 e. The number of aryl methyl sites for hydroxylation is 2. The summed E-state index contributed by atoms with van der Waals surface area (Å²) >= 11 is 0. The first-order valence-electron chi connectivity index (χ1n) is 10.2. The van der Waals surface area contributed by atoms with E-state index in [4.69, 9.17) is 9.84 Å². The Hall–Kier alpha value is -3.23. The molecule has 0 aromatic heterocycles. The molecular weight excluding hydrogens is 425 g/mol. The van der Waals surface area contributed by atoms with Gasteiger partial charge in [-0.1, -0.05) is 0 Å². The zero-order chi connectivity index (χ0) is 23.5. The minimum absolute atomic E-state index is 0.0611. The summed E-state index contributed by atoms with van der Waals surface area (Å²) in [6.07, 6.45) is -2.93. The van der Waals surface area contributed by atoms with Crippen LogP contribution in [0.15, 0.2) is 30.3 Å². The van der Waals surface area contributed by atoms with Gasteiger partial charge in [-0.05, 0) is 79.6 Å². The number of aliphatic carboxylic acids is 1. The molecule has 32 heavy (non-hydrogen) atoms. The molecule has 0 saturated heterocycles. The summed E-state index contributed by atoms with van der Waals surface area (Å²) in [7, 11) is 0. The number of ether oxygens (including phenoxy) is 1. The van der Waals surface area contributed by atoms with E-state index < -0.39 is 30.0 Å². The van der Waals surface area contributed by atoms with Gasteiger partial charge in [0.05, 0.1) is 5.56 Å². The fourth-order valence-corrected chi connectivity index (χ4v) is 3.37. The van der Waals surface area contributed by atoms with Crippen LogP contribution in [0.25, 0.3) is 0 Å². The third-order valence-electron chi connectivity index (χ3n) is 5.05. The lowest BCUT2D eigenvalue weighted by atomic mass is 10.1. The maximum atomic E-state index is 13.3. The molecule has 0 aliphatic heterocycles. The summed E-state index contributed by atoms with van der Waals surface area (Å²) in [5.41, 5.74) is 1.81. The molecule has 1 amide bonds. The van der Waals surface area contributed by atoms with E-state index in [1.54, 1.807) is 32.0 Å². The number of halogens is 3. The number of rotatable bonds is 9. The van der Waals surface area contributed by atoms with Crippen LogP contribution in [-0.2, 0) is 22.4 Å². The van der Waals surface area contributed by atoms with Gasteiger partial charge in [0.1, 0.15) is 18.8 Å². The van der Waals surface area contributed by atoms with Gasteiger partial charge in [0.2, 0.25) is 5.91 Å². The SMILES string of the molecule is Cc1cc(NC(=O)CC(=O)O)cc(C)c1OCc1cc(NCC2CC2)cc(C(F)(F)F)c1. The van der Waals surface area contributed by atoms with Crippen molar-refractivity contribution < 1.29 is 32.6 Å². The Labute approximate surface area is 183 Å². The molecule has 0 radical (unpaired) electrons. The molecule has 1 aliphatic carbocycles. The van der Waals surface area contributed by atoms with E-state index in [9.17, 15) is 22.8 Å². The van der Waals surface area contributed by atoms with Gasteiger partial charge in [0.15, 0.2) is 0 Å². The molecule has 3 rings (SSSR count). The van der Waals surface area contributed by atoms with Crippen molar-refractivity contribution in [3.63, 3.8) is 0 Å². The van der Waals surface area contributed by atoms with Gasteiger partial charge in [0, 0.05) is 17.9 Å². The number of carbonyl (C=O) groups excluding carboxylic acids is 1. The number of carboxylic acids is 1. The Kier molecular flexibility index (Phi) is 6.96. The highest BCUT2D eigenvalue weighted by Crippen LogP contribution is 2.34. The normalized spacial score (nSPS) is 13.5. The molecule has 6 nitrogen and oxygen atoms in total. The molecule has 3 N–H and O–H groups in total. The molecule has 1 saturated carbocycles.